The van der Waals surface area contributed by atoms with E-state index >= 15 is 0 Å². The fraction of sp³-hybridized carbons (Fsp3) is 0.200. The highest BCUT2D eigenvalue weighted by molar-refractivity contribution is 5.79. The van der Waals surface area contributed by atoms with Crippen LogP contribution < -0.4 is 10.6 Å². The van der Waals surface area contributed by atoms with Crippen LogP contribution in [-0.2, 0) is 0 Å². The SMILES string of the molecule is CNc1c(C)ccc(C)c1Nc1ccccc1. The van der Waals surface area contributed by atoms with Gasteiger partial charge in [0, 0.05) is 12.7 Å². The van der Waals surface area contributed by atoms with Gasteiger partial charge in [-0.2, -0.15) is 0 Å². The summed E-state index contributed by atoms with van der Waals surface area (Å²) in [4.78, 5) is 0. The van der Waals surface area contributed by atoms with Crippen molar-refractivity contribution in [2.75, 3.05) is 17.7 Å². The van der Waals surface area contributed by atoms with Gasteiger partial charge in [0.25, 0.3) is 0 Å². The van der Waals surface area contributed by atoms with Gasteiger partial charge in [-0.05, 0) is 37.1 Å². The monoisotopic (exact) mass is 226 g/mol. The van der Waals surface area contributed by atoms with Crippen molar-refractivity contribution in [1.29, 1.82) is 0 Å². The first-order valence-electron chi connectivity index (χ1n) is 5.82. The number of rotatable bonds is 3. The lowest BCUT2D eigenvalue weighted by atomic mass is 10.1. The van der Waals surface area contributed by atoms with Crippen molar-refractivity contribution in [3.63, 3.8) is 0 Å². The molecule has 2 aromatic carbocycles. The van der Waals surface area contributed by atoms with Crippen molar-refractivity contribution in [2.24, 2.45) is 0 Å². The molecule has 0 spiro atoms. The molecule has 0 unspecified atom stereocenters. The first-order chi connectivity index (χ1) is 8.22. The Morgan fingerprint density at radius 2 is 1.35 bits per heavy atom. The van der Waals surface area contributed by atoms with E-state index in [4.69, 9.17) is 0 Å². The summed E-state index contributed by atoms with van der Waals surface area (Å²) in [6, 6.07) is 14.5. The van der Waals surface area contributed by atoms with Crippen molar-refractivity contribution >= 4 is 17.1 Å². The Morgan fingerprint density at radius 1 is 0.765 bits per heavy atom. The second kappa shape index (κ2) is 4.91. The largest absolute Gasteiger partial charge is 0.386 e. The highest BCUT2D eigenvalue weighted by Gasteiger charge is 2.07. The molecule has 0 aliphatic carbocycles. The van der Waals surface area contributed by atoms with Crippen molar-refractivity contribution in [1.82, 2.24) is 0 Å². The van der Waals surface area contributed by atoms with Crippen molar-refractivity contribution in [2.45, 2.75) is 13.8 Å². The summed E-state index contributed by atoms with van der Waals surface area (Å²) >= 11 is 0. The minimum absolute atomic E-state index is 1.11. The van der Waals surface area contributed by atoms with Crippen LogP contribution in [0.15, 0.2) is 42.5 Å². The third-order valence-electron chi connectivity index (χ3n) is 2.92. The summed E-state index contributed by atoms with van der Waals surface area (Å²) in [6.07, 6.45) is 0. The van der Waals surface area contributed by atoms with Crippen molar-refractivity contribution < 1.29 is 0 Å². The van der Waals surface area contributed by atoms with E-state index in [0.717, 1.165) is 17.1 Å². The van der Waals surface area contributed by atoms with Gasteiger partial charge in [-0.3, -0.25) is 0 Å². The molecular formula is C15H18N2. The van der Waals surface area contributed by atoms with Crippen LogP contribution in [0, 0.1) is 13.8 Å². The number of benzene rings is 2. The number of nitrogens with one attached hydrogen (secondary N) is 2. The van der Waals surface area contributed by atoms with Crippen LogP contribution in [0.1, 0.15) is 11.1 Å². The molecule has 0 bridgehead atoms. The van der Waals surface area contributed by atoms with E-state index in [1.807, 2.05) is 25.2 Å². The summed E-state index contributed by atoms with van der Waals surface area (Å²) in [5.74, 6) is 0. The lowest BCUT2D eigenvalue weighted by Crippen LogP contribution is -2.01. The Morgan fingerprint density at radius 3 is 1.94 bits per heavy atom. The zero-order valence-electron chi connectivity index (χ0n) is 10.5. The number of para-hydroxylation sites is 1. The van der Waals surface area contributed by atoms with E-state index in [2.05, 4.69) is 48.7 Å². The molecule has 17 heavy (non-hydrogen) atoms. The van der Waals surface area contributed by atoms with Crippen LogP contribution in [0.25, 0.3) is 0 Å². The normalized spacial score (nSPS) is 10.1. The molecular weight excluding hydrogens is 208 g/mol. The molecule has 0 amide bonds. The smallest absolute Gasteiger partial charge is 0.0652 e. The van der Waals surface area contributed by atoms with Crippen molar-refractivity contribution in [3.8, 4) is 0 Å². The molecule has 2 rings (SSSR count). The molecule has 0 saturated heterocycles. The number of hydrogen-bond acceptors (Lipinski definition) is 2. The van der Waals surface area contributed by atoms with Crippen LogP contribution in [0.3, 0.4) is 0 Å². The molecule has 0 radical (unpaired) electrons. The van der Waals surface area contributed by atoms with Crippen molar-refractivity contribution in [3.05, 3.63) is 53.6 Å². The van der Waals surface area contributed by atoms with E-state index in [1.54, 1.807) is 0 Å². The Labute approximate surface area is 103 Å². The molecule has 2 heteroatoms. The Bertz CT molecular complexity index is 504. The van der Waals surface area contributed by atoms with E-state index < -0.39 is 0 Å². The van der Waals surface area contributed by atoms with E-state index in [9.17, 15) is 0 Å². The van der Waals surface area contributed by atoms with Gasteiger partial charge in [-0.15, -0.1) is 0 Å². The van der Waals surface area contributed by atoms with Gasteiger partial charge in [0.05, 0.1) is 11.4 Å². The summed E-state index contributed by atoms with van der Waals surface area (Å²) in [5, 5.41) is 6.73. The average molecular weight is 226 g/mol. The van der Waals surface area contributed by atoms with Crippen LogP contribution in [0.4, 0.5) is 17.1 Å². The minimum Gasteiger partial charge on any atom is -0.386 e. The molecule has 0 aromatic heterocycles. The van der Waals surface area contributed by atoms with Gasteiger partial charge in [0.1, 0.15) is 0 Å². The molecule has 0 heterocycles. The molecule has 0 fully saturated rings. The zero-order chi connectivity index (χ0) is 12.3. The van der Waals surface area contributed by atoms with Gasteiger partial charge >= 0.3 is 0 Å². The Balaban J connectivity index is 2.41. The fourth-order valence-corrected chi connectivity index (χ4v) is 1.96. The second-order valence-corrected chi connectivity index (χ2v) is 4.19. The molecule has 0 saturated carbocycles. The van der Waals surface area contributed by atoms with Crippen LogP contribution in [0.2, 0.25) is 0 Å². The predicted molar refractivity (Wildman–Crippen MR) is 75.2 cm³/mol. The first kappa shape index (κ1) is 11.5. The Kier molecular flexibility index (Phi) is 3.33. The molecule has 2 aromatic rings. The maximum absolute atomic E-state index is 3.47. The summed E-state index contributed by atoms with van der Waals surface area (Å²) < 4.78 is 0. The molecule has 0 atom stereocenters. The topological polar surface area (TPSA) is 24.1 Å². The highest BCUT2D eigenvalue weighted by atomic mass is 14.9. The third kappa shape index (κ3) is 2.41. The molecule has 88 valence electrons. The molecule has 2 nitrogen and oxygen atoms in total. The third-order valence-corrected chi connectivity index (χ3v) is 2.92. The maximum atomic E-state index is 3.47. The molecule has 2 N–H and O–H groups in total. The number of hydrogen-bond donors (Lipinski definition) is 2. The lowest BCUT2D eigenvalue weighted by molar-refractivity contribution is 1.34. The molecule has 0 aliphatic rings. The van der Waals surface area contributed by atoms with Gasteiger partial charge in [0.2, 0.25) is 0 Å². The highest BCUT2D eigenvalue weighted by Crippen LogP contribution is 2.31. The van der Waals surface area contributed by atoms with E-state index in [1.165, 1.54) is 11.1 Å². The summed E-state index contributed by atoms with van der Waals surface area (Å²) in [6.45, 7) is 4.23. The summed E-state index contributed by atoms with van der Waals surface area (Å²) in [5.41, 5.74) is 5.91. The Hall–Kier alpha value is -1.96. The van der Waals surface area contributed by atoms with Gasteiger partial charge in [0.15, 0.2) is 0 Å². The zero-order valence-corrected chi connectivity index (χ0v) is 10.5. The average Bonchev–Trinajstić information content (AvgIpc) is 2.35. The van der Waals surface area contributed by atoms with Crippen LogP contribution >= 0.6 is 0 Å². The van der Waals surface area contributed by atoms with E-state index in [-0.39, 0.29) is 0 Å². The maximum Gasteiger partial charge on any atom is 0.0652 e. The van der Waals surface area contributed by atoms with Crippen LogP contribution in [0.5, 0.6) is 0 Å². The van der Waals surface area contributed by atoms with Gasteiger partial charge in [-0.25, -0.2) is 0 Å². The first-order valence-corrected chi connectivity index (χ1v) is 5.82. The molecule has 0 aliphatic heterocycles. The van der Waals surface area contributed by atoms with Crippen LogP contribution in [-0.4, -0.2) is 7.05 Å². The minimum atomic E-state index is 1.11. The predicted octanol–water partition coefficient (Wildman–Crippen LogP) is 4.09. The number of aryl methyl sites for hydroxylation is 2. The van der Waals surface area contributed by atoms with E-state index in [0.29, 0.717) is 0 Å². The fourth-order valence-electron chi connectivity index (χ4n) is 1.96. The summed E-state index contributed by atoms with van der Waals surface area (Å²) in [7, 11) is 1.96. The van der Waals surface area contributed by atoms with Gasteiger partial charge < -0.3 is 10.6 Å². The lowest BCUT2D eigenvalue weighted by Gasteiger charge is -2.16. The second-order valence-electron chi connectivity index (χ2n) is 4.19. The standard InChI is InChI=1S/C15H18N2/c1-11-9-10-12(2)15(14(11)16-3)17-13-7-5-4-6-8-13/h4-10,16-17H,1-3H3. The quantitative estimate of drug-likeness (QED) is 0.823. The number of anilines is 3. The van der Waals surface area contributed by atoms with Gasteiger partial charge in [-0.1, -0.05) is 30.3 Å².